The van der Waals surface area contributed by atoms with Crippen molar-refractivity contribution in [2.24, 2.45) is 7.05 Å². The molecule has 0 unspecified atom stereocenters. The van der Waals surface area contributed by atoms with E-state index >= 15 is 0 Å². The van der Waals surface area contributed by atoms with E-state index in [2.05, 4.69) is 10.4 Å². The van der Waals surface area contributed by atoms with Crippen LogP contribution >= 0.6 is 0 Å². The van der Waals surface area contributed by atoms with E-state index in [4.69, 9.17) is 5.73 Å². The minimum atomic E-state index is -0.134. The summed E-state index contributed by atoms with van der Waals surface area (Å²) in [5.41, 5.74) is 6.21. The number of urea groups is 1. The van der Waals surface area contributed by atoms with Crippen molar-refractivity contribution in [2.45, 2.75) is 0 Å². The van der Waals surface area contributed by atoms with E-state index in [1.165, 1.54) is 4.90 Å². The lowest BCUT2D eigenvalue weighted by molar-refractivity contribution is 0.252. The van der Waals surface area contributed by atoms with E-state index in [-0.39, 0.29) is 6.03 Å². The van der Waals surface area contributed by atoms with Gasteiger partial charge in [0.1, 0.15) is 0 Å². The summed E-state index contributed by atoms with van der Waals surface area (Å²) >= 11 is 0. The second-order valence-electron chi connectivity index (χ2n) is 2.97. The van der Waals surface area contributed by atoms with Crippen LogP contribution in [0, 0.1) is 0 Å². The highest BCUT2D eigenvalue weighted by molar-refractivity contribution is 5.95. The Balaban J connectivity index is 2.34. The van der Waals surface area contributed by atoms with Gasteiger partial charge in [0.15, 0.2) is 5.82 Å². The zero-order valence-electron chi connectivity index (χ0n) is 7.32. The number of nitrogen functional groups attached to an aromatic ring is 1. The molecule has 1 aromatic rings. The molecule has 0 spiro atoms. The number of hydrogen-bond acceptors (Lipinski definition) is 3. The molecule has 1 saturated heterocycles. The molecular formula is C7H11N5O. The highest BCUT2D eigenvalue weighted by Crippen LogP contribution is 2.21. The van der Waals surface area contributed by atoms with Gasteiger partial charge in [0.25, 0.3) is 0 Å². The number of anilines is 2. The minimum Gasteiger partial charge on any atom is -0.394 e. The van der Waals surface area contributed by atoms with Crippen molar-refractivity contribution in [3.8, 4) is 0 Å². The number of nitrogens with one attached hydrogen (secondary N) is 1. The van der Waals surface area contributed by atoms with E-state index < -0.39 is 0 Å². The van der Waals surface area contributed by atoms with Gasteiger partial charge in [-0.1, -0.05) is 0 Å². The Bertz CT molecular complexity index is 345. The summed E-state index contributed by atoms with van der Waals surface area (Å²) in [7, 11) is 1.77. The molecule has 0 aliphatic carbocycles. The fraction of sp³-hybridized carbons (Fsp3) is 0.429. The average molecular weight is 181 g/mol. The Morgan fingerprint density at radius 2 is 2.46 bits per heavy atom. The first-order chi connectivity index (χ1) is 6.18. The van der Waals surface area contributed by atoms with Crippen molar-refractivity contribution in [1.29, 1.82) is 0 Å². The van der Waals surface area contributed by atoms with Crippen LogP contribution in [0.15, 0.2) is 6.20 Å². The summed E-state index contributed by atoms with van der Waals surface area (Å²) in [4.78, 5) is 12.8. The third-order valence-corrected chi connectivity index (χ3v) is 1.95. The Kier molecular flexibility index (Phi) is 1.61. The number of aryl methyl sites for hydroxylation is 1. The Hall–Kier alpha value is -1.72. The third-order valence-electron chi connectivity index (χ3n) is 1.95. The van der Waals surface area contributed by atoms with E-state index in [9.17, 15) is 4.79 Å². The van der Waals surface area contributed by atoms with Crippen LogP contribution in [0.4, 0.5) is 16.3 Å². The molecule has 1 fully saturated rings. The predicted molar refractivity (Wildman–Crippen MR) is 48.4 cm³/mol. The molecule has 0 aromatic carbocycles. The molecule has 6 nitrogen and oxygen atoms in total. The quantitative estimate of drug-likeness (QED) is 0.615. The summed E-state index contributed by atoms with van der Waals surface area (Å²) in [5.74, 6) is 0.539. The van der Waals surface area contributed by atoms with Crippen molar-refractivity contribution in [1.82, 2.24) is 15.1 Å². The number of nitrogens with two attached hydrogens (primary N) is 1. The van der Waals surface area contributed by atoms with Crippen molar-refractivity contribution >= 4 is 17.5 Å². The zero-order valence-corrected chi connectivity index (χ0v) is 7.32. The first kappa shape index (κ1) is 7.90. The van der Waals surface area contributed by atoms with Crippen LogP contribution in [0.1, 0.15) is 0 Å². The summed E-state index contributed by atoms with van der Waals surface area (Å²) in [5, 5.41) is 6.79. The molecule has 0 radical (unpaired) electrons. The van der Waals surface area contributed by atoms with E-state index in [0.29, 0.717) is 24.6 Å². The zero-order chi connectivity index (χ0) is 9.42. The van der Waals surface area contributed by atoms with Crippen LogP contribution in [0.2, 0.25) is 0 Å². The SMILES string of the molecule is Cn1cc(N)c(N2CCNC2=O)n1. The molecule has 70 valence electrons. The summed E-state index contributed by atoms with van der Waals surface area (Å²) in [6, 6.07) is -0.134. The summed E-state index contributed by atoms with van der Waals surface area (Å²) in [6.45, 7) is 1.27. The molecule has 2 amide bonds. The highest BCUT2D eigenvalue weighted by atomic mass is 16.2. The van der Waals surface area contributed by atoms with Crippen LogP contribution in [0.5, 0.6) is 0 Å². The third kappa shape index (κ3) is 1.20. The van der Waals surface area contributed by atoms with Crippen LogP contribution in [0.25, 0.3) is 0 Å². The lowest BCUT2D eigenvalue weighted by Gasteiger charge is -2.10. The molecular weight excluding hydrogens is 170 g/mol. The number of rotatable bonds is 1. The molecule has 2 rings (SSSR count). The number of carbonyl (C=O) groups is 1. The predicted octanol–water partition coefficient (Wildman–Crippen LogP) is -0.468. The molecule has 0 saturated carbocycles. The number of amides is 2. The van der Waals surface area contributed by atoms with Crippen LogP contribution < -0.4 is 16.0 Å². The molecule has 13 heavy (non-hydrogen) atoms. The van der Waals surface area contributed by atoms with Crippen molar-refractivity contribution < 1.29 is 4.79 Å². The molecule has 6 heteroatoms. The van der Waals surface area contributed by atoms with Crippen molar-refractivity contribution in [3.63, 3.8) is 0 Å². The number of carbonyl (C=O) groups excluding carboxylic acids is 1. The molecule has 2 heterocycles. The molecule has 1 aliphatic rings. The molecule has 1 aromatic heterocycles. The molecule has 0 bridgehead atoms. The first-order valence-electron chi connectivity index (χ1n) is 4.03. The Morgan fingerprint density at radius 1 is 1.69 bits per heavy atom. The fourth-order valence-corrected chi connectivity index (χ4v) is 1.38. The lowest BCUT2D eigenvalue weighted by Crippen LogP contribution is -2.28. The largest absolute Gasteiger partial charge is 0.394 e. The number of nitrogens with zero attached hydrogens (tertiary/aromatic N) is 3. The maximum atomic E-state index is 11.2. The molecule has 3 N–H and O–H groups in total. The normalized spacial score (nSPS) is 16.4. The van der Waals surface area contributed by atoms with Gasteiger partial charge in [0.05, 0.1) is 5.69 Å². The maximum Gasteiger partial charge on any atom is 0.323 e. The summed E-state index contributed by atoms with van der Waals surface area (Å²) in [6.07, 6.45) is 1.68. The standard InChI is InChI=1S/C7H11N5O/c1-11-4-5(8)6(10-11)12-3-2-9-7(12)13/h4H,2-3,8H2,1H3,(H,9,13). The first-order valence-corrected chi connectivity index (χ1v) is 4.03. The van der Waals surface area contributed by atoms with Gasteiger partial charge in [-0.05, 0) is 0 Å². The lowest BCUT2D eigenvalue weighted by atomic mass is 10.5. The Morgan fingerprint density at radius 3 is 2.92 bits per heavy atom. The second-order valence-corrected chi connectivity index (χ2v) is 2.97. The monoisotopic (exact) mass is 181 g/mol. The van der Waals surface area contributed by atoms with Crippen molar-refractivity contribution in [2.75, 3.05) is 23.7 Å². The van der Waals surface area contributed by atoms with Crippen LogP contribution in [0.3, 0.4) is 0 Å². The van der Waals surface area contributed by atoms with Gasteiger partial charge in [-0.25, -0.2) is 4.79 Å². The smallest absolute Gasteiger partial charge is 0.323 e. The van der Waals surface area contributed by atoms with Crippen LogP contribution in [-0.2, 0) is 7.05 Å². The topological polar surface area (TPSA) is 76.2 Å². The van der Waals surface area contributed by atoms with Crippen molar-refractivity contribution in [3.05, 3.63) is 6.20 Å². The minimum absolute atomic E-state index is 0.134. The molecule has 1 aliphatic heterocycles. The van der Waals surface area contributed by atoms with Gasteiger partial charge in [-0.2, -0.15) is 5.10 Å². The van der Waals surface area contributed by atoms with E-state index in [1.807, 2.05) is 0 Å². The highest BCUT2D eigenvalue weighted by Gasteiger charge is 2.24. The second kappa shape index (κ2) is 2.65. The van der Waals surface area contributed by atoms with E-state index in [1.54, 1.807) is 17.9 Å². The van der Waals surface area contributed by atoms with Gasteiger partial charge in [-0.15, -0.1) is 0 Å². The summed E-state index contributed by atoms with van der Waals surface area (Å²) < 4.78 is 1.59. The van der Waals surface area contributed by atoms with Gasteiger partial charge >= 0.3 is 6.03 Å². The number of aromatic nitrogens is 2. The van der Waals surface area contributed by atoms with Crippen LogP contribution in [-0.4, -0.2) is 28.9 Å². The number of hydrogen-bond donors (Lipinski definition) is 2. The Labute approximate surface area is 75.3 Å². The fourth-order valence-electron chi connectivity index (χ4n) is 1.38. The van der Waals surface area contributed by atoms with Gasteiger partial charge in [0.2, 0.25) is 0 Å². The maximum absolute atomic E-state index is 11.2. The van der Waals surface area contributed by atoms with Gasteiger partial charge in [-0.3, -0.25) is 9.58 Å². The van der Waals surface area contributed by atoms with E-state index in [0.717, 1.165) is 0 Å². The molecule has 0 atom stereocenters. The van der Waals surface area contributed by atoms with Gasteiger partial charge in [0, 0.05) is 26.3 Å². The average Bonchev–Trinajstić information content (AvgIpc) is 2.58. The van der Waals surface area contributed by atoms with Gasteiger partial charge < -0.3 is 11.1 Å².